The van der Waals surface area contributed by atoms with E-state index in [1.807, 2.05) is 17.5 Å². The van der Waals surface area contributed by atoms with Gasteiger partial charge in [-0.05, 0) is 30.3 Å². The molecule has 2 aromatic heterocycles. The first-order valence-corrected chi connectivity index (χ1v) is 7.55. The summed E-state index contributed by atoms with van der Waals surface area (Å²) in [6.45, 7) is 0. The molecule has 2 N–H and O–H groups in total. The highest BCUT2D eigenvalue weighted by atomic mass is 35.5. The molecular weight excluding hydrogens is 322 g/mol. The number of phenolic OH excluding ortho intramolecular Hbond substituents is 1. The van der Waals surface area contributed by atoms with Gasteiger partial charge in [0, 0.05) is 28.4 Å². The maximum absolute atomic E-state index is 12.2. The normalized spacial score (nSPS) is 10.4. The van der Waals surface area contributed by atoms with Crippen molar-refractivity contribution in [2.45, 2.75) is 0 Å². The van der Waals surface area contributed by atoms with Crippen molar-refractivity contribution in [2.24, 2.45) is 0 Å². The summed E-state index contributed by atoms with van der Waals surface area (Å²) in [5.74, 6) is -0.594. The first-order valence-electron chi connectivity index (χ1n) is 6.29. The molecule has 0 aliphatic rings. The second kappa shape index (κ2) is 6.13. The second-order valence-corrected chi connectivity index (χ2v) is 5.68. The van der Waals surface area contributed by atoms with Gasteiger partial charge in [0.1, 0.15) is 5.75 Å². The predicted octanol–water partition coefficient (Wildman–Crippen LogP) is 3.82. The molecule has 1 amide bonds. The maximum atomic E-state index is 12.2. The zero-order valence-corrected chi connectivity index (χ0v) is 12.7. The number of hydrogen-bond donors (Lipinski definition) is 2. The van der Waals surface area contributed by atoms with Crippen molar-refractivity contribution in [3.63, 3.8) is 0 Å². The Morgan fingerprint density at radius 1 is 1.23 bits per heavy atom. The number of pyridine rings is 1. The van der Waals surface area contributed by atoms with Gasteiger partial charge in [-0.3, -0.25) is 15.1 Å². The Balaban J connectivity index is 1.81. The molecule has 0 saturated heterocycles. The topological polar surface area (TPSA) is 75.1 Å². The van der Waals surface area contributed by atoms with Gasteiger partial charge in [0.05, 0.1) is 11.3 Å². The Hall–Kier alpha value is -2.44. The van der Waals surface area contributed by atoms with Gasteiger partial charge in [-0.2, -0.15) is 0 Å². The summed E-state index contributed by atoms with van der Waals surface area (Å²) >= 11 is 7.14. The van der Waals surface area contributed by atoms with E-state index >= 15 is 0 Å². The van der Waals surface area contributed by atoms with Gasteiger partial charge in [-0.1, -0.05) is 11.6 Å². The molecule has 5 nitrogen and oxygen atoms in total. The van der Waals surface area contributed by atoms with E-state index in [2.05, 4.69) is 15.3 Å². The SMILES string of the molecule is O=C(Nc1nc(-c2ccncc2)cs1)c1cc(Cl)ccc1O. The van der Waals surface area contributed by atoms with Gasteiger partial charge in [-0.15, -0.1) is 11.3 Å². The Labute approximate surface area is 135 Å². The van der Waals surface area contributed by atoms with Crippen LogP contribution in [0.1, 0.15) is 10.4 Å². The van der Waals surface area contributed by atoms with Crippen LogP contribution in [0, 0.1) is 0 Å². The van der Waals surface area contributed by atoms with Crippen molar-refractivity contribution in [3.8, 4) is 17.0 Å². The summed E-state index contributed by atoms with van der Waals surface area (Å²) in [5.41, 5.74) is 1.77. The monoisotopic (exact) mass is 331 g/mol. The van der Waals surface area contributed by atoms with Gasteiger partial charge in [0.15, 0.2) is 5.13 Å². The number of amides is 1. The number of hydrogen-bond acceptors (Lipinski definition) is 5. The molecule has 0 atom stereocenters. The maximum Gasteiger partial charge on any atom is 0.261 e. The molecule has 7 heteroatoms. The number of nitrogens with one attached hydrogen (secondary N) is 1. The van der Waals surface area contributed by atoms with Crippen LogP contribution < -0.4 is 5.32 Å². The summed E-state index contributed by atoms with van der Waals surface area (Å²) < 4.78 is 0. The lowest BCUT2D eigenvalue weighted by molar-refractivity contribution is 0.102. The van der Waals surface area contributed by atoms with Crippen molar-refractivity contribution in [1.82, 2.24) is 9.97 Å². The van der Waals surface area contributed by atoms with Gasteiger partial charge >= 0.3 is 0 Å². The standard InChI is InChI=1S/C15H10ClN3O2S/c16-10-1-2-13(20)11(7-10)14(21)19-15-18-12(8-22-15)9-3-5-17-6-4-9/h1-8,20H,(H,18,19,21). The summed E-state index contributed by atoms with van der Waals surface area (Å²) in [6.07, 6.45) is 3.36. The van der Waals surface area contributed by atoms with E-state index < -0.39 is 5.91 Å². The summed E-state index contributed by atoms with van der Waals surface area (Å²) in [6, 6.07) is 7.97. The zero-order chi connectivity index (χ0) is 15.5. The molecule has 0 fully saturated rings. The van der Waals surface area contributed by atoms with E-state index in [1.54, 1.807) is 12.4 Å². The largest absolute Gasteiger partial charge is 0.507 e. The molecule has 0 spiro atoms. The highest BCUT2D eigenvalue weighted by Crippen LogP contribution is 2.26. The lowest BCUT2D eigenvalue weighted by atomic mass is 10.2. The van der Waals surface area contributed by atoms with Crippen LogP contribution in [0.2, 0.25) is 5.02 Å². The Kier molecular flexibility index (Phi) is 4.04. The molecule has 0 aliphatic carbocycles. The third-order valence-corrected chi connectivity index (χ3v) is 3.90. The molecule has 2 heterocycles. The average molecular weight is 332 g/mol. The minimum absolute atomic E-state index is 0.105. The van der Waals surface area contributed by atoms with E-state index in [4.69, 9.17) is 11.6 Å². The molecule has 1 aromatic carbocycles. The fraction of sp³-hybridized carbons (Fsp3) is 0. The minimum Gasteiger partial charge on any atom is -0.507 e. The number of nitrogens with zero attached hydrogens (tertiary/aromatic N) is 2. The summed E-state index contributed by atoms with van der Waals surface area (Å²) in [4.78, 5) is 20.5. The smallest absolute Gasteiger partial charge is 0.261 e. The molecule has 0 saturated carbocycles. The van der Waals surface area contributed by atoms with Crippen molar-refractivity contribution in [3.05, 3.63) is 58.7 Å². The van der Waals surface area contributed by atoms with Crippen LogP contribution in [0.25, 0.3) is 11.3 Å². The van der Waals surface area contributed by atoms with Gasteiger partial charge in [0.2, 0.25) is 0 Å². The molecule has 22 heavy (non-hydrogen) atoms. The molecule has 0 bridgehead atoms. The van der Waals surface area contributed by atoms with Crippen LogP contribution in [0.5, 0.6) is 5.75 Å². The molecule has 3 rings (SSSR count). The highest BCUT2D eigenvalue weighted by molar-refractivity contribution is 7.14. The number of aromatic hydroxyl groups is 1. The summed E-state index contributed by atoms with van der Waals surface area (Å²) in [7, 11) is 0. The van der Waals surface area contributed by atoms with E-state index in [0.717, 1.165) is 11.3 Å². The van der Waals surface area contributed by atoms with E-state index in [-0.39, 0.29) is 11.3 Å². The number of anilines is 1. The summed E-state index contributed by atoms with van der Waals surface area (Å²) in [5, 5.41) is 15.0. The van der Waals surface area contributed by atoms with Crippen molar-refractivity contribution >= 4 is 34.0 Å². The van der Waals surface area contributed by atoms with Gasteiger partial charge in [-0.25, -0.2) is 4.98 Å². The van der Waals surface area contributed by atoms with Crippen molar-refractivity contribution in [2.75, 3.05) is 5.32 Å². The van der Waals surface area contributed by atoms with Gasteiger partial charge < -0.3 is 5.11 Å². The van der Waals surface area contributed by atoms with Crippen LogP contribution in [0.15, 0.2) is 48.1 Å². The number of halogens is 1. The second-order valence-electron chi connectivity index (χ2n) is 4.39. The molecule has 0 unspecified atom stereocenters. The number of carbonyl (C=O) groups is 1. The highest BCUT2D eigenvalue weighted by Gasteiger charge is 2.14. The lowest BCUT2D eigenvalue weighted by Gasteiger charge is -2.04. The van der Waals surface area contributed by atoms with E-state index in [9.17, 15) is 9.90 Å². The first-order chi connectivity index (χ1) is 10.6. The third kappa shape index (κ3) is 3.08. The average Bonchev–Trinajstić information content (AvgIpc) is 2.99. The first kappa shape index (κ1) is 14.5. The number of carbonyl (C=O) groups excluding carboxylic acids is 1. The number of aromatic nitrogens is 2. The number of benzene rings is 1. The number of thiazole rings is 1. The quantitative estimate of drug-likeness (QED) is 0.765. The van der Waals surface area contributed by atoms with Crippen molar-refractivity contribution in [1.29, 1.82) is 0 Å². The number of phenols is 1. The Bertz CT molecular complexity index is 821. The zero-order valence-electron chi connectivity index (χ0n) is 11.2. The van der Waals surface area contributed by atoms with Crippen LogP contribution in [-0.4, -0.2) is 21.0 Å². The number of rotatable bonds is 3. The molecular formula is C15H10ClN3O2S. The predicted molar refractivity (Wildman–Crippen MR) is 86.4 cm³/mol. The van der Waals surface area contributed by atoms with E-state index in [1.165, 1.54) is 29.5 Å². The van der Waals surface area contributed by atoms with Crippen molar-refractivity contribution < 1.29 is 9.90 Å². The Morgan fingerprint density at radius 3 is 2.77 bits per heavy atom. The van der Waals surface area contributed by atoms with Crippen LogP contribution in [0.4, 0.5) is 5.13 Å². The molecule has 0 aliphatic heterocycles. The fourth-order valence-corrected chi connectivity index (χ4v) is 2.73. The van der Waals surface area contributed by atoms with Crippen LogP contribution in [0.3, 0.4) is 0 Å². The molecule has 0 radical (unpaired) electrons. The van der Waals surface area contributed by atoms with Gasteiger partial charge in [0.25, 0.3) is 5.91 Å². The van der Waals surface area contributed by atoms with E-state index in [0.29, 0.717) is 10.2 Å². The third-order valence-electron chi connectivity index (χ3n) is 2.90. The fourth-order valence-electron chi connectivity index (χ4n) is 1.84. The molecule has 3 aromatic rings. The lowest BCUT2D eigenvalue weighted by Crippen LogP contribution is -2.11. The molecule has 110 valence electrons. The Morgan fingerprint density at radius 2 is 2.00 bits per heavy atom. The van der Waals surface area contributed by atoms with Crippen LogP contribution >= 0.6 is 22.9 Å². The minimum atomic E-state index is -0.462. The van der Waals surface area contributed by atoms with Crippen LogP contribution in [-0.2, 0) is 0 Å².